The molecule has 2 rings (SSSR count). The van der Waals surface area contributed by atoms with Crippen molar-refractivity contribution >= 4 is 11.6 Å². The Morgan fingerprint density at radius 3 is 2.95 bits per heavy atom. The van der Waals surface area contributed by atoms with E-state index in [2.05, 4.69) is 21.7 Å². The summed E-state index contributed by atoms with van der Waals surface area (Å²) in [5, 5.41) is 9.59. The number of carbonyl (C=O) groups is 1. The van der Waals surface area contributed by atoms with E-state index in [9.17, 15) is 9.90 Å². The van der Waals surface area contributed by atoms with Gasteiger partial charge in [0.2, 0.25) is 0 Å². The zero-order valence-corrected chi connectivity index (χ0v) is 12.7. The summed E-state index contributed by atoms with van der Waals surface area (Å²) in [6.45, 7) is 7.15. The van der Waals surface area contributed by atoms with Gasteiger partial charge in [0.15, 0.2) is 0 Å². The molecule has 116 valence electrons. The lowest BCUT2D eigenvalue weighted by Crippen LogP contribution is -2.54. The van der Waals surface area contributed by atoms with Crippen LogP contribution in [0.3, 0.4) is 0 Å². The number of nitrogens with zero attached hydrogens (tertiary/aromatic N) is 3. The number of aliphatic hydroxyl groups excluding tert-OH is 1. The molecule has 1 amide bonds. The Morgan fingerprint density at radius 1 is 1.57 bits per heavy atom. The van der Waals surface area contributed by atoms with Crippen LogP contribution in [0.5, 0.6) is 0 Å². The van der Waals surface area contributed by atoms with E-state index >= 15 is 0 Å². The summed E-state index contributed by atoms with van der Waals surface area (Å²) in [6, 6.07) is 2.21. The van der Waals surface area contributed by atoms with E-state index in [1.165, 1.54) is 6.20 Å². The van der Waals surface area contributed by atoms with Gasteiger partial charge in [0, 0.05) is 44.6 Å². The zero-order chi connectivity index (χ0) is 15.4. The fourth-order valence-corrected chi connectivity index (χ4v) is 2.93. The van der Waals surface area contributed by atoms with Gasteiger partial charge in [-0.25, -0.2) is 0 Å². The molecule has 0 saturated carbocycles. The van der Waals surface area contributed by atoms with Crippen molar-refractivity contribution in [2.75, 3.05) is 31.1 Å². The van der Waals surface area contributed by atoms with Crippen molar-refractivity contribution < 1.29 is 9.90 Å². The first-order valence-electron chi connectivity index (χ1n) is 7.43. The summed E-state index contributed by atoms with van der Waals surface area (Å²) < 4.78 is 0. The summed E-state index contributed by atoms with van der Waals surface area (Å²) in [5.74, 6) is -0.447. The van der Waals surface area contributed by atoms with Crippen LogP contribution in [0.1, 0.15) is 30.6 Å². The van der Waals surface area contributed by atoms with Gasteiger partial charge in [0.05, 0.1) is 17.4 Å². The zero-order valence-electron chi connectivity index (χ0n) is 12.7. The molecule has 21 heavy (non-hydrogen) atoms. The second-order valence-electron chi connectivity index (χ2n) is 5.61. The number of pyridine rings is 1. The lowest BCUT2D eigenvalue weighted by atomic mass is 10.1. The molecule has 6 nitrogen and oxygen atoms in total. The number of piperazine rings is 1. The van der Waals surface area contributed by atoms with E-state index in [1.807, 2.05) is 13.0 Å². The maximum absolute atomic E-state index is 11.5. The Morgan fingerprint density at radius 2 is 2.33 bits per heavy atom. The maximum Gasteiger partial charge on any atom is 0.252 e. The monoisotopic (exact) mass is 292 g/mol. The number of primary amides is 1. The van der Waals surface area contributed by atoms with E-state index in [0.29, 0.717) is 18.2 Å². The van der Waals surface area contributed by atoms with Crippen LogP contribution in [-0.4, -0.2) is 59.2 Å². The summed E-state index contributed by atoms with van der Waals surface area (Å²) >= 11 is 0. The Bertz CT molecular complexity index is 492. The van der Waals surface area contributed by atoms with Crippen molar-refractivity contribution in [3.63, 3.8) is 0 Å². The van der Waals surface area contributed by atoms with Gasteiger partial charge >= 0.3 is 0 Å². The van der Waals surface area contributed by atoms with Gasteiger partial charge in [-0.2, -0.15) is 0 Å². The quantitative estimate of drug-likeness (QED) is 0.824. The fraction of sp³-hybridized carbons (Fsp3) is 0.600. The van der Waals surface area contributed by atoms with E-state index in [0.717, 1.165) is 31.7 Å². The second-order valence-corrected chi connectivity index (χ2v) is 5.61. The van der Waals surface area contributed by atoms with Crippen molar-refractivity contribution in [1.29, 1.82) is 0 Å². The van der Waals surface area contributed by atoms with Crippen LogP contribution in [0.25, 0.3) is 0 Å². The number of β-amino-alcohol motifs (C(OH)–C–C–N with tert-alkyl or cyclic N) is 1. The van der Waals surface area contributed by atoms with E-state index in [4.69, 9.17) is 5.73 Å². The highest BCUT2D eigenvalue weighted by Crippen LogP contribution is 2.23. The predicted molar refractivity (Wildman–Crippen MR) is 82.3 cm³/mol. The molecule has 1 aromatic heterocycles. The van der Waals surface area contributed by atoms with Crippen LogP contribution < -0.4 is 10.6 Å². The highest BCUT2D eigenvalue weighted by atomic mass is 16.3. The molecule has 0 bridgehead atoms. The number of hydrogen-bond acceptors (Lipinski definition) is 5. The van der Waals surface area contributed by atoms with E-state index in [-0.39, 0.29) is 6.10 Å². The fourth-order valence-electron chi connectivity index (χ4n) is 2.93. The molecular formula is C15H24N4O2. The van der Waals surface area contributed by atoms with Gasteiger partial charge in [-0.3, -0.25) is 14.7 Å². The molecule has 3 N–H and O–H groups in total. The van der Waals surface area contributed by atoms with Gasteiger partial charge in [-0.05, 0) is 19.4 Å². The van der Waals surface area contributed by atoms with Crippen LogP contribution in [0.4, 0.5) is 5.69 Å². The lowest BCUT2D eigenvalue weighted by molar-refractivity contribution is 0.0885. The number of amides is 1. The average Bonchev–Trinajstić information content (AvgIpc) is 2.47. The van der Waals surface area contributed by atoms with Crippen LogP contribution in [0.15, 0.2) is 18.5 Å². The molecule has 2 unspecified atom stereocenters. The maximum atomic E-state index is 11.5. The van der Waals surface area contributed by atoms with E-state index < -0.39 is 5.91 Å². The van der Waals surface area contributed by atoms with Gasteiger partial charge in [0.25, 0.3) is 5.91 Å². The molecule has 6 heteroatoms. The number of rotatable bonds is 5. The third-order valence-corrected chi connectivity index (χ3v) is 3.98. The molecule has 1 aromatic rings. The predicted octanol–water partition coefficient (Wildman–Crippen LogP) is 0.462. The van der Waals surface area contributed by atoms with Gasteiger partial charge < -0.3 is 15.7 Å². The lowest BCUT2D eigenvalue weighted by Gasteiger charge is -2.43. The third-order valence-electron chi connectivity index (χ3n) is 3.98. The van der Waals surface area contributed by atoms with Gasteiger partial charge in [-0.15, -0.1) is 0 Å². The third kappa shape index (κ3) is 3.71. The van der Waals surface area contributed by atoms with Crippen LogP contribution in [0.2, 0.25) is 0 Å². The first-order valence-corrected chi connectivity index (χ1v) is 7.43. The first-order chi connectivity index (χ1) is 10.0. The normalized spacial score (nSPS) is 21.3. The number of carbonyl (C=O) groups excluding carboxylic acids is 1. The molecule has 0 radical (unpaired) electrons. The van der Waals surface area contributed by atoms with Crippen molar-refractivity contribution in [1.82, 2.24) is 9.88 Å². The molecule has 1 aliphatic heterocycles. The van der Waals surface area contributed by atoms with Crippen molar-refractivity contribution in [3.8, 4) is 0 Å². The number of aromatic nitrogens is 1. The minimum Gasteiger partial charge on any atom is -0.392 e. The minimum absolute atomic E-state index is 0.326. The average molecular weight is 292 g/mol. The van der Waals surface area contributed by atoms with Gasteiger partial charge in [0.1, 0.15) is 0 Å². The van der Waals surface area contributed by atoms with Crippen molar-refractivity contribution in [3.05, 3.63) is 24.0 Å². The second kappa shape index (κ2) is 6.87. The van der Waals surface area contributed by atoms with Crippen LogP contribution >= 0.6 is 0 Å². The first kappa shape index (κ1) is 15.7. The van der Waals surface area contributed by atoms with Gasteiger partial charge in [-0.1, -0.05) is 6.92 Å². The standard InChI is InChI=1S/C15H24N4O2/c1-3-12-10-19(7-6-18(12)9-11(2)20)14-4-5-17-8-13(14)15(16)21/h4-5,8,11-12,20H,3,6-7,9-10H2,1-2H3,(H2,16,21). The Balaban J connectivity index is 2.15. The molecule has 1 aliphatic rings. The molecule has 0 spiro atoms. The Kier molecular flexibility index (Phi) is 5.14. The van der Waals surface area contributed by atoms with Crippen molar-refractivity contribution in [2.24, 2.45) is 5.73 Å². The summed E-state index contributed by atoms with van der Waals surface area (Å²) in [6.07, 6.45) is 3.89. The number of nitrogens with two attached hydrogens (primary N) is 1. The Hall–Kier alpha value is -1.66. The summed E-state index contributed by atoms with van der Waals surface area (Å²) in [5.41, 5.74) is 6.76. The van der Waals surface area contributed by atoms with Crippen molar-refractivity contribution in [2.45, 2.75) is 32.4 Å². The SMILES string of the molecule is CCC1CN(c2ccncc2C(N)=O)CCN1CC(C)O. The van der Waals surface area contributed by atoms with Crippen LogP contribution in [0, 0.1) is 0 Å². The highest BCUT2D eigenvalue weighted by Gasteiger charge is 2.28. The Labute approximate surface area is 125 Å². The summed E-state index contributed by atoms with van der Waals surface area (Å²) in [7, 11) is 0. The molecule has 2 atom stereocenters. The molecule has 1 saturated heterocycles. The number of hydrogen-bond donors (Lipinski definition) is 2. The molecular weight excluding hydrogens is 268 g/mol. The van der Waals surface area contributed by atoms with Crippen LogP contribution in [-0.2, 0) is 0 Å². The molecule has 2 heterocycles. The van der Waals surface area contributed by atoms with E-state index in [1.54, 1.807) is 6.20 Å². The number of aliphatic hydroxyl groups is 1. The number of anilines is 1. The summed E-state index contributed by atoms with van der Waals surface area (Å²) in [4.78, 5) is 20.0. The smallest absolute Gasteiger partial charge is 0.252 e. The minimum atomic E-state index is -0.447. The topological polar surface area (TPSA) is 82.7 Å². The molecule has 1 fully saturated rings. The largest absolute Gasteiger partial charge is 0.392 e. The molecule has 0 aliphatic carbocycles. The molecule has 0 aromatic carbocycles. The highest BCUT2D eigenvalue weighted by molar-refractivity contribution is 5.98.